The third-order valence-corrected chi connectivity index (χ3v) is 7.32. The van der Waals surface area contributed by atoms with Gasteiger partial charge in [0.15, 0.2) is 0 Å². The van der Waals surface area contributed by atoms with Gasteiger partial charge in [-0.25, -0.2) is 0 Å². The number of rotatable bonds is 5. The molecule has 5 aromatic rings. The Morgan fingerprint density at radius 3 is 2.29 bits per heavy atom. The molecule has 0 spiro atoms. The lowest BCUT2D eigenvalue weighted by Gasteiger charge is -2.23. The first-order chi connectivity index (χ1) is 18.6. The van der Waals surface area contributed by atoms with E-state index in [0.717, 1.165) is 39.7 Å². The second kappa shape index (κ2) is 10.0. The van der Waals surface area contributed by atoms with Crippen molar-refractivity contribution in [1.82, 2.24) is 9.47 Å². The minimum Gasteiger partial charge on any atom is -0.341 e. The molecule has 0 aliphatic carbocycles. The fourth-order valence-corrected chi connectivity index (χ4v) is 5.53. The van der Waals surface area contributed by atoms with Crippen LogP contribution in [0.2, 0.25) is 0 Å². The number of carbonyl (C=O) groups excluding carboxylic acids is 2. The van der Waals surface area contributed by atoms with Gasteiger partial charge in [0.05, 0.1) is 0 Å². The summed E-state index contributed by atoms with van der Waals surface area (Å²) in [6, 6.07) is 33.0. The van der Waals surface area contributed by atoms with Crippen LogP contribution in [0.4, 0.5) is 5.69 Å². The third kappa shape index (κ3) is 4.37. The number of aromatic nitrogens is 1. The molecular weight excluding hydrogens is 470 g/mol. The zero-order valence-electron chi connectivity index (χ0n) is 21.3. The van der Waals surface area contributed by atoms with Gasteiger partial charge in [-0.3, -0.25) is 9.59 Å². The summed E-state index contributed by atoms with van der Waals surface area (Å²) < 4.78 is 2.29. The van der Waals surface area contributed by atoms with Crippen molar-refractivity contribution in [3.8, 4) is 0 Å². The van der Waals surface area contributed by atoms with Gasteiger partial charge in [0.25, 0.3) is 5.91 Å². The van der Waals surface area contributed by atoms with Crippen molar-refractivity contribution in [2.24, 2.45) is 0 Å². The molecule has 1 fully saturated rings. The van der Waals surface area contributed by atoms with Gasteiger partial charge in [0.2, 0.25) is 5.91 Å². The molecule has 38 heavy (non-hydrogen) atoms. The topological polar surface area (TPSA) is 54.3 Å². The lowest BCUT2D eigenvalue weighted by atomic mass is 10.1. The summed E-state index contributed by atoms with van der Waals surface area (Å²) in [5.74, 6) is -0.312. The number of anilines is 1. The number of benzene rings is 4. The van der Waals surface area contributed by atoms with Crippen LogP contribution in [-0.2, 0) is 11.3 Å². The molecule has 0 radical (unpaired) electrons. The van der Waals surface area contributed by atoms with Crippen molar-refractivity contribution in [2.75, 3.05) is 11.9 Å². The van der Waals surface area contributed by atoms with Gasteiger partial charge >= 0.3 is 0 Å². The molecule has 1 atom stereocenters. The van der Waals surface area contributed by atoms with Gasteiger partial charge in [0, 0.05) is 46.1 Å². The van der Waals surface area contributed by atoms with E-state index in [2.05, 4.69) is 47.1 Å². The number of aryl methyl sites for hydroxylation is 1. The Kier molecular flexibility index (Phi) is 6.26. The van der Waals surface area contributed by atoms with Crippen LogP contribution >= 0.6 is 0 Å². The second-order valence-corrected chi connectivity index (χ2v) is 9.71. The number of hydrogen-bond acceptors (Lipinski definition) is 2. The van der Waals surface area contributed by atoms with Crippen LogP contribution in [-0.4, -0.2) is 33.9 Å². The molecule has 2 heterocycles. The molecule has 5 heteroatoms. The van der Waals surface area contributed by atoms with Gasteiger partial charge in [-0.2, -0.15) is 0 Å². The fraction of sp³-hybridized carbons (Fsp3) is 0.152. The molecule has 1 aliphatic heterocycles. The largest absolute Gasteiger partial charge is 0.341 e. The van der Waals surface area contributed by atoms with E-state index in [-0.39, 0.29) is 11.8 Å². The summed E-state index contributed by atoms with van der Waals surface area (Å²) in [6.45, 7) is 3.43. The molecule has 0 unspecified atom stereocenters. The van der Waals surface area contributed by atoms with Gasteiger partial charge in [-0.1, -0.05) is 72.8 Å². The molecule has 4 aromatic carbocycles. The summed E-state index contributed by atoms with van der Waals surface area (Å²) in [5.41, 5.74) is 5.76. The first-order valence-corrected chi connectivity index (χ1v) is 13.0. The predicted molar refractivity (Wildman–Crippen MR) is 154 cm³/mol. The van der Waals surface area contributed by atoms with Crippen molar-refractivity contribution in [3.05, 3.63) is 120 Å². The Hall–Kier alpha value is -4.64. The molecule has 2 amide bonds. The van der Waals surface area contributed by atoms with Crippen LogP contribution in [0.25, 0.3) is 27.9 Å². The highest BCUT2D eigenvalue weighted by Gasteiger charge is 2.37. The lowest BCUT2D eigenvalue weighted by molar-refractivity contribution is -0.119. The van der Waals surface area contributed by atoms with E-state index in [1.165, 1.54) is 5.52 Å². The average Bonchev–Trinajstić information content (AvgIpc) is 3.52. The maximum absolute atomic E-state index is 13.7. The summed E-state index contributed by atoms with van der Waals surface area (Å²) in [6.07, 6.45) is 2.58. The SMILES string of the molecule is CCn1c2ccccc2c2cc(NC(=O)[C@@H]3CC(=Cc4ccccc4)CN3C(=O)c3ccccc3)ccc21. The molecule has 6 rings (SSSR count). The van der Waals surface area contributed by atoms with E-state index in [4.69, 9.17) is 0 Å². The highest BCUT2D eigenvalue weighted by molar-refractivity contribution is 6.10. The van der Waals surface area contributed by atoms with Crippen LogP contribution in [0.5, 0.6) is 0 Å². The molecule has 0 bridgehead atoms. The minimum absolute atomic E-state index is 0.135. The quantitative estimate of drug-likeness (QED) is 0.291. The molecule has 5 nitrogen and oxygen atoms in total. The van der Waals surface area contributed by atoms with Crippen LogP contribution in [0, 0.1) is 0 Å². The Morgan fingerprint density at radius 2 is 1.53 bits per heavy atom. The predicted octanol–water partition coefficient (Wildman–Crippen LogP) is 6.75. The third-order valence-electron chi connectivity index (χ3n) is 7.32. The molecule has 1 aromatic heterocycles. The number of carbonyl (C=O) groups is 2. The summed E-state index contributed by atoms with van der Waals surface area (Å²) in [7, 11) is 0. The van der Waals surface area contributed by atoms with Crippen molar-refractivity contribution in [2.45, 2.75) is 25.9 Å². The Labute approximate surface area is 222 Å². The second-order valence-electron chi connectivity index (χ2n) is 9.71. The highest BCUT2D eigenvalue weighted by atomic mass is 16.2. The Balaban J connectivity index is 1.32. The summed E-state index contributed by atoms with van der Waals surface area (Å²) in [4.78, 5) is 28.9. The van der Waals surface area contributed by atoms with Gasteiger partial charge in [-0.05, 0) is 60.9 Å². The highest BCUT2D eigenvalue weighted by Crippen LogP contribution is 2.32. The van der Waals surface area contributed by atoms with E-state index in [0.29, 0.717) is 18.5 Å². The van der Waals surface area contributed by atoms with Gasteiger partial charge < -0.3 is 14.8 Å². The average molecular weight is 500 g/mol. The van der Waals surface area contributed by atoms with Crippen molar-refractivity contribution in [3.63, 3.8) is 0 Å². The van der Waals surface area contributed by atoms with Crippen molar-refractivity contribution < 1.29 is 9.59 Å². The first kappa shape index (κ1) is 23.7. The van der Waals surface area contributed by atoms with Gasteiger partial charge in [0.1, 0.15) is 6.04 Å². The molecule has 1 aliphatic rings. The zero-order chi connectivity index (χ0) is 26.1. The van der Waals surface area contributed by atoms with E-state index in [1.54, 1.807) is 17.0 Å². The maximum atomic E-state index is 13.7. The van der Waals surface area contributed by atoms with Crippen LogP contribution in [0.1, 0.15) is 29.3 Å². The van der Waals surface area contributed by atoms with E-state index < -0.39 is 6.04 Å². The van der Waals surface area contributed by atoms with Crippen molar-refractivity contribution in [1.29, 1.82) is 0 Å². The standard InChI is InChI=1S/C33H29N3O2/c1-2-35-29-16-10-9-15-27(29)28-21-26(17-18-30(28)35)34-32(37)31-20-24(19-23-11-5-3-6-12-23)22-36(31)33(38)25-13-7-4-8-14-25/h3-19,21,31H,2,20,22H2,1H3,(H,34,37)/t31-/m0/s1. The van der Waals surface area contributed by atoms with E-state index >= 15 is 0 Å². The van der Waals surface area contributed by atoms with E-state index in [9.17, 15) is 9.59 Å². The number of amides is 2. The normalized spacial score (nSPS) is 16.4. The summed E-state index contributed by atoms with van der Waals surface area (Å²) in [5, 5.41) is 5.39. The lowest BCUT2D eigenvalue weighted by Crippen LogP contribution is -2.43. The smallest absolute Gasteiger partial charge is 0.254 e. The molecular formula is C33H29N3O2. The Morgan fingerprint density at radius 1 is 0.842 bits per heavy atom. The van der Waals surface area contributed by atoms with Crippen LogP contribution in [0.3, 0.4) is 0 Å². The summed E-state index contributed by atoms with van der Waals surface area (Å²) >= 11 is 0. The molecule has 1 N–H and O–H groups in total. The number of nitrogens with zero attached hydrogens (tertiary/aromatic N) is 2. The molecule has 1 saturated heterocycles. The van der Waals surface area contributed by atoms with Crippen molar-refractivity contribution >= 4 is 45.4 Å². The molecule has 188 valence electrons. The van der Waals surface area contributed by atoms with Gasteiger partial charge in [-0.15, -0.1) is 0 Å². The monoisotopic (exact) mass is 499 g/mol. The maximum Gasteiger partial charge on any atom is 0.254 e. The zero-order valence-corrected chi connectivity index (χ0v) is 21.3. The van der Waals surface area contributed by atoms with E-state index in [1.807, 2.05) is 66.7 Å². The number of likely N-dealkylation sites (tertiary alicyclic amines) is 1. The number of para-hydroxylation sites is 1. The number of nitrogens with one attached hydrogen (secondary N) is 1. The first-order valence-electron chi connectivity index (χ1n) is 13.0. The number of fused-ring (bicyclic) bond motifs is 3. The Bertz CT molecular complexity index is 1670. The molecule has 0 saturated carbocycles. The van der Waals surface area contributed by atoms with Crippen LogP contribution < -0.4 is 5.32 Å². The number of hydrogen-bond donors (Lipinski definition) is 1. The minimum atomic E-state index is -0.592. The van der Waals surface area contributed by atoms with Crippen LogP contribution in [0.15, 0.2) is 109 Å². The fourth-order valence-electron chi connectivity index (χ4n) is 5.53.